The third-order valence-corrected chi connectivity index (χ3v) is 7.41. The molecule has 8 heteroatoms. The highest BCUT2D eigenvalue weighted by atomic mass is 32.2. The SMILES string of the molecule is O=C1c2cc(NS(=O)(=O)c3ccc4c(c3)CCO4)ccc2OCC[C@H]2CCCCN12. The van der Waals surface area contributed by atoms with E-state index in [-0.39, 0.29) is 16.8 Å². The number of sulfonamides is 1. The van der Waals surface area contributed by atoms with Crippen molar-refractivity contribution in [2.75, 3.05) is 24.5 Å². The molecule has 0 spiro atoms. The average Bonchev–Trinajstić information content (AvgIpc) is 3.21. The number of carbonyl (C=O) groups excluding carboxylic acids is 1. The molecule has 1 atom stereocenters. The Morgan fingerprint density at radius 2 is 1.80 bits per heavy atom. The van der Waals surface area contributed by atoms with Gasteiger partial charge in [-0.05, 0) is 61.2 Å². The first-order valence-corrected chi connectivity index (χ1v) is 11.9. The maximum Gasteiger partial charge on any atom is 0.261 e. The van der Waals surface area contributed by atoms with Crippen LogP contribution in [0.3, 0.4) is 0 Å². The number of nitrogens with zero attached hydrogens (tertiary/aromatic N) is 1. The smallest absolute Gasteiger partial charge is 0.261 e. The van der Waals surface area contributed by atoms with Crippen LogP contribution in [-0.2, 0) is 16.4 Å². The van der Waals surface area contributed by atoms with E-state index in [1.165, 1.54) is 6.07 Å². The van der Waals surface area contributed by atoms with Crippen LogP contribution < -0.4 is 14.2 Å². The second kappa shape index (κ2) is 7.50. The van der Waals surface area contributed by atoms with E-state index in [4.69, 9.17) is 9.47 Å². The van der Waals surface area contributed by atoms with Crippen LogP contribution in [0.1, 0.15) is 41.6 Å². The molecule has 0 aliphatic carbocycles. The Balaban J connectivity index is 1.44. The van der Waals surface area contributed by atoms with E-state index in [0.717, 1.165) is 43.5 Å². The van der Waals surface area contributed by atoms with Gasteiger partial charge in [0.05, 0.1) is 23.7 Å². The minimum atomic E-state index is -3.79. The van der Waals surface area contributed by atoms with Crippen molar-refractivity contribution in [2.24, 2.45) is 0 Å². The van der Waals surface area contributed by atoms with Crippen LogP contribution in [0.25, 0.3) is 0 Å². The third-order valence-electron chi connectivity index (χ3n) is 6.03. The minimum absolute atomic E-state index is 0.0925. The van der Waals surface area contributed by atoms with Crippen molar-refractivity contribution < 1.29 is 22.7 Å². The fourth-order valence-corrected chi connectivity index (χ4v) is 5.56. The first-order chi connectivity index (χ1) is 14.5. The molecule has 0 saturated carbocycles. The molecule has 3 aliphatic rings. The molecule has 0 aromatic heterocycles. The van der Waals surface area contributed by atoms with Gasteiger partial charge in [0.2, 0.25) is 0 Å². The van der Waals surface area contributed by atoms with Gasteiger partial charge in [-0.1, -0.05) is 0 Å². The Morgan fingerprint density at radius 3 is 2.70 bits per heavy atom. The Labute approximate surface area is 176 Å². The van der Waals surface area contributed by atoms with Crippen LogP contribution in [-0.4, -0.2) is 45.0 Å². The quantitative estimate of drug-likeness (QED) is 0.812. The Kier molecular flexibility index (Phi) is 4.81. The first-order valence-electron chi connectivity index (χ1n) is 10.4. The van der Waals surface area contributed by atoms with E-state index in [9.17, 15) is 13.2 Å². The van der Waals surface area contributed by atoms with Gasteiger partial charge < -0.3 is 14.4 Å². The molecule has 1 amide bonds. The predicted molar refractivity (Wildman–Crippen MR) is 112 cm³/mol. The van der Waals surface area contributed by atoms with E-state index in [1.54, 1.807) is 30.3 Å². The molecule has 0 radical (unpaired) electrons. The Hall–Kier alpha value is -2.74. The van der Waals surface area contributed by atoms with Gasteiger partial charge >= 0.3 is 0 Å². The van der Waals surface area contributed by atoms with Crippen molar-refractivity contribution in [3.63, 3.8) is 0 Å². The van der Waals surface area contributed by atoms with Crippen LogP contribution in [0.4, 0.5) is 5.69 Å². The zero-order valence-electron chi connectivity index (χ0n) is 16.6. The highest BCUT2D eigenvalue weighted by Gasteiger charge is 2.31. The van der Waals surface area contributed by atoms with Crippen LogP contribution in [0.5, 0.6) is 11.5 Å². The zero-order chi connectivity index (χ0) is 20.7. The van der Waals surface area contributed by atoms with E-state index in [1.807, 2.05) is 4.90 Å². The molecule has 7 nitrogen and oxygen atoms in total. The lowest BCUT2D eigenvalue weighted by Crippen LogP contribution is -2.45. The number of piperidine rings is 1. The average molecular weight is 429 g/mol. The molecule has 1 fully saturated rings. The summed E-state index contributed by atoms with van der Waals surface area (Å²) in [4.78, 5) is 15.3. The number of carbonyl (C=O) groups is 1. The lowest BCUT2D eigenvalue weighted by molar-refractivity contribution is 0.0548. The number of amides is 1. The first kappa shape index (κ1) is 19.2. The summed E-state index contributed by atoms with van der Waals surface area (Å²) in [5, 5.41) is 0. The van der Waals surface area contributed by atoms with Gasteiger partial charge in [0.15, 0.2) is 0 Å². The van der Waals surface area contributed by atoms with Crippen LogP contribution in [0, 0.1) is 0 Å². The topological polar surface area (TPSA) is 84.9 Å². The van der Waals surface area contributed by atoms with Gasteiger partial charge in [-0.2, -0.15) is 0 Å². The van der Waals surface area contributed by atoms with Gasteiger partial charge in [-0.25, -0.2) is 8.42 Å². The van der Waals surface area contributed by atoms with Gasteiger partial charge in [0, 0.05) is 31.1 Å². The molecule has 0 bridgehead atoms. The lowest BCUT2D eigenvalue weighted by Gasteiger charge is -2.37. The molecule has 5 rings (SSSR count). The molecule has 2 aromatic rings. The van der Waals surface area contributed by atoms with Gasteiger partial charge in [0.1, 0.15) is 11.5 Å². The number of anilines is 1. The molecule has 3 aliphatic heterocycles. The summed E-state index contributed by atoms with van der Waals surface area (Å²) >= 11 is 0. The summed E-state index contributed by atoms with van der Waals surface area (Å²) in [5.74, 6) is 1.14. The van der Waals surface area contributed by atoms with Crippen LogP contribution in [0.15, 0.2) is 41.3 Å². The predicted octanol–water partition coefficient (Wildman–Crippen LogP) is 3.20. The van der Waals surface area contributed by atoms with E-state index >= 15 is 0 Å². The summed E-state index contributed by atoms with van der Waals surface area (Å²) < 4.78 is 39.7. The lowest BCUT2D eigenvalue weighted by atomic mass is 9.97. The molecule has 3 heterocycles. The Bertz CT molecular complexity index is 1100. The van der Waals surface area contributed by atoms with Crippen LogP contribution in [0.2, 0.25) is 0 Å². The number of rotatable bonds is 3. The number of fused-ring (bicyclic) bond motifs is 3. The molecule has 1 N–H and O–H groups in total. The van der Waals surface area contributed by atoms with Crippen molar-refractivity contribution in [1.29, 1.82) is 0 Å². The molecule has 158 valence electrons. The summed E-state index contributed by atoms with van der Waals surface area (Å²) in [6, 6.07) is 9.95. The number of ether oxygens (including phenoxy) is 2. The fraction of sp³-hybridized carbons (Fsp3) is 0.409. The summed E-state index contributed by atoms with van der Waals surface area (Å²) in [5.41, 5.74) is 1.64. The number of hydrogen-bond donors (Lipinski definition) is 1. The van der Waals surface area contributed by atoms with E-state index in [0.29, 0.717) is 36.6 Å². The number of nitrogens with one attached hydrogen (secondary N) is 1. The summed E-state index contributed by atoms with van der Waals surface area (Å²) in [7, 11) is -3.79. The fourth-order valence-electron chi connectivity index (χ4n) is 4.46. The van der Waals surface area contributed by atoms with Crippen molar-refractivity contribution in [2.45, 2.75) is 43.0 Å². The normalized spacial score (nSPS) is 20.7. The molecule has 1 saturated heterocycles. The van der Waals surface area contributed by atoms with Crippen molar-refractivity contribution in [3.05, 3.63) is 47.5 Å². The summed E-state index contributed by atoms with van der Waals surface area (Å²) in [6.07, 6.45) is 4.61. The largest absolute Gasteiger partial charge is 0.493 e. The second-order valence-electron chi connectivity index (χ2n) is 7.97. The maximum atomic E-state index is 13.2. The zero-order valence-corrected chi connectivity index (χ0v) is 17.4. The monoisotopic (exact) mass is 428 g/mol. The van der Waals surface area contributed by atoms with Crippen LogP contribution >= 0.6 is 0 Å². The van der Waals surface area contributed by atoms with Gasteiger partial charge in [0.25, 0.3) is 15.9 Å². The molecule has 30 heavy (non-hydrogen) atoms. The van der Waals surface area contributed by atoms with Crippen molar-refractivity contribution in [1.82, 2.24) is 4.90 Å². The molecular weight excluding hydrogens is 404 g/mol. The highest BCUT2D eigenvalue weighted by Crippen LogP contribution is 2.32. The van der Waals surface area contributed by atoms with E-state index < -0.39 is 10.0 Å². The standard InChI is InChI=1S/C22H24N2O5S/c25-22-19-14-16(4-6-21(19)29-12-9-17-3-1-2-10-24(17)22)23-30(26,27)18-5-7-20-15(13-18)8-11-28-20/h4-7,13-14,17,23H,1-3,8-12H2/t17-/m1/s1. The van der Waals surface area contributed by atoms with Gasteiger partial charge in [-0.3, -0.25) is 9.52 Å². The molecule has 0 unspecified atom stereocenters. The van der Waals surface area contributed by atoms with Crippen molar-refractivity contribution >= 4 is 21.6 Å². The summed E-state index contributed by atoms with van der Waals surface area (Å²) in [6.45, 7) is 1.84. The molecule has 2 aromatic carbocycles. The van der Waals surface area contributed by atoms with Crippen molar-refractivity contribution in [3.8, 4) is 11.5 Å². The van der Waals surface area contributed by atoms with E-state index in [2.05, 4.69) is 4.72 Å². The number of benzene rings is 2. The second-order valence-corrected chi connectivity index (χ2v) is 9.65. The number of hydrogen-bond acceptors (Lipinski definition) is 5. The third kappa shape index (κ3) is 3.49. The van der Waals surface area contributed by atoms with Gasteiger partial charge in [-0.15, -0.1) is 0 Å². The minimum Gasteiger partial charge on any atom is -0.493 e. The Morgan fingerprint density at radius 1 is 0.967 bits per heavy atom. The maximum absolute atomic E-state index is 13.2. The highest BCUT2D eigenvalue weighted by molar-refractivity contribution is 7.92. The molecular formula is C22H24N2O5S.